The smallest absolute Gasteiger partial charge is 0.348 e. The Bertz CT molecular complexity index is 1090. The lowest BCUT2D eigenvalue weighted by atomic mass is 10.2. The summed E-state index contributed by atoms with van der Waals surface area (Å²) >= 11 is 1.00. The van der Waals surface area contributed by atoms with E-state index in [1.807, 2.05) is 25.1 Å². The molecule has 0 atom stereocenters. The standard InChI is InChI=1S/C20H18N2O5S/c1-4-25-14-8-6-7-12-9-15(27-16(12)14)18(23)22-19-13(10-21)11(3)17(28-19)20(24)26-5-2/h6-9H,4-5H2,1-3H3,(H,22,23). The molecule has 0 aliphatic carbocycles. The Hall–Kier alpha value is -3.31. The van der Waals surface area contributed by atoms with Gasteiger partial charge in [-0.05, 0) is 38.5 Å². The van der Waals surface area contributed by atoms with E-state index < -0.39 is 11.9 Å². The first kappa shape index (κ1) is 19.5. The Balaban J connectivity index is 1.92. The van der Waals surface area contributed by atoms with E-state index in [4.69, 9.17) is 13.9 Å². The molecule has 3 rings (SSSR count). The van der Waals surface area contributed by atoms with Crippen molar-refractivity contribution in [2.24, 2.45) is 0 Å². The maximum absolute atomic E-state index is 12.7. The number of rotatable bonds is 6. The Morgan fingerprint density at radius 2 is 2.07 bits per heavy atom. The molecule has 0 saturated heterocycles. The third-order valence-corrected chi connectivity index (χ3v) is 5.17. The molecule has 0 spiro atoms. The van der Waals surface area contributed by atoms with Crippen LogP contribution in [-0.4, -0.2) is 25.1 Å². The van der Waals surface area contributed by atoms with Crippen molar-refractivity contribution in [3.8, 4) is 11.8 Å². The van der Waals surface area contributed by atoms with Crippen LogP contribution in [0.3, 0.4) is 0 Å². The fourth-order valence-corrected chi connectivity index (χ4v) is 3.76. The van der Waals surface area contributed by atoms with Crippen LogP contribution in [0.25, 0.3) is 11.0 Å². The van der Waals surface area contributed by atoms with Crippen LogP contribution in [0, 0.1) is 18.3 Å². The van der Waals surface area contributed by atoms with Crippen LogP contribution < -0.4 is 10.1 Å². The number of para-hydroxylation sites is 1. The summed E-state index contributed by atoms with van der Waals surface area (Å²) in [5, 5.41) is 13.1. The topological polar surface area (TPSA) is 102 Å². The minimum Gasteiger partial charge on any atom is -0.490 e. The second-order valence-electron chi connectivity index (χ2n) is 5.76. The number of benzene rings is 1. The average molecular weight is 398 g/mol. The quantitative estimate of drug-likeness (QED) is 0.613. The van der Waals surface area contributed by atoms with Crippen LogP contribution in [0.2, 0.25) is 0 Å². The van der Waals surface area contributed by atoms with E-state index in [1.165, 1.54) is 0 Å². The van der Waals surface area contributed by atoms with Gasteiger partial charge in [-0.15, -0.1) is 11.3 Å². The number of fused-ring (bicyclic) bond motifs is 1. The number of nitrogens with zero attached hydrogens (tertiary/aromatic N) is 1. The second kappa shape index (κ2) is 8.15. The highest BCUT2D eigenvalue weighted by molar-refractivity contribution is 7.18. The van der Waals surface area contributed by atoms with Crippen LogP contribution in [0.5, 0.6) is 5.75 Å². The van der Waals surface area contributed by atoms with Crippen molar-refractivity contribution in [3.63, 3.8) is 0 Å². The molecule has 144 valence electrons. The molecule has 0 aliphatic rings. The van der Waals surface area contributed by atoms with Gasteiger partial charge in [-0.3, -0.25) is 4.79 Å². The molecule has 0 saturated carbocycles. The molecule has 0 radical (unpaired) electrons. The van der Waals surface area contributed by atoms with Gasteiger partial charge >= 0.3 is 5.97 Å². The lowest BCUT2D eigenvalue weighted by molar-refractivity contribution is 0.0531. The highest BCUT2D eigenvalue weighted by Gasteiger charge is 2.23. The minimum atomic E-state index is -0.521. The van der Waals surface area contributed by atoms with Gasteiger partial charge in [-0.2, -0.15) is 5.26 Å². The minimum absolute atomic E-state index is 0.0785. The molecule has 1 aromatic carbocycles. The number of anilines is 1. The highest BCUT2D eigenvalue weighted by atomic mass is 32.1. The van der Waals surface area contributed by atoms with Gasteiger partial charge < -0.3 is 19.2 Å². The first-order valence-corrected chi connectivity index (χ1v) is 9.49. The summed E-state index contributed by atoms with van der Waals surface area (Å²) in [6.07, 6.45) is 0. The van der Waals surface area contributed by atoms with Crippen molar-refractivity contribution in [1.29, 1.82) is 5.26 Å². The van der Waals surface area contributed by atoms with E-state index in [0.29, 0.717) is 23.5 Å². The first-order valence-electron chi connectivity index (χ1n) is 8.67. The molecule has 0 aliphatic heterocycles. The number of carbonyl (C=O) groups is 2. The largest absolute Gasteiger partial charge is 0.490 e. The van der Waals surface area contributed by atoms with Gasteiger partial charge in [0.15, 0.2) is 17.1 Å². The van der Waals surface area contributed by atoms with Crippen molar-refractivity contribution in [3.05, 3.63) is 46.0 Å². The Morgan fingerprint density at radius 1 is 1.29 bits per heavy atom. The maximum Gasteiger partial charge on any atom is 0.348 e. The number of ether oxygens (including phenoxy) is 2. The summed E-state index contributed by atoms with van der Waals surface area (Å²) in [5.41, 5.74) is 1.18. The molecule has 0 unspecified atom stereocenters. The monoisotopic (exact) mass is 398 g/mol. The normalized spacial score (nSPS) is 10.5. The fraction of sp³-hybridized carbons (Fsp3) is 0.250. The summed E-state index contributed by atoms with van der Waals surface area (Å²) < 4.78 is 16.2. The lowest BCUT2D eigenvalue weighted by Crippen LogP contribution is -2.10. The van der Waals surface area contributed by atoms with Crippen molar-refractivity contribution in [2.45, 2.75) is 20.8 Å². The van der Waals surface area contributed by atoms with Crippen LogP contribution in [0.4, 0.5) is 5.00 Å². The number of hydrogen-bond acceptors (Lipinski definition) is 7. The summed E-state index contributed by atoms with van der Waals surface area (Å²) in [6.45, 7) is 5.90. The van der Waals surface area contributed by atoms with E-state index in [-0.39, 0.29) is 27.8 Å². The second-order valence-corrected chi connectivity index (χ2v) is 6.79. The molecule has 1 N–H and O–H groups in total. The molecule has 0 fully saturated rings. The van der Waals surface area contributed by atoms with E-state index in [2.05, 4.69) is 5.32 Å². The number of hydrogen-bond donors (Lipinski definition) is 1. The number of amides is 1. The van der Waals surface area contributed by atoms with Crippen LogP contribution in [-0.2, 0) is 4.74 Å². The van der Waals surface area contributed by atoms with E-state index >= 15 is 0 Å². The molecular weight excluding hydrogens is 380 g/mol. The molecule has 2 aromatic heterocycles. The lowest BCUT2D eigenvalue weighted by Gasteiger charge is -2.02. The maximum atomic E-state index is 12.7. The van der Waals surface area contributed by atoms with Gasteiger partial charge in [0.25, 0.3) is 5.91 Å². The summed E-state index contributed by atoms with van der Waals surface area (Å²) in [7, 11) is 0. The number of nitriles is 1. The molecule has 8 heteroatoms. The highest BCUT2D eigenvalue weighted by Crippen LogP contribution is 2.34. The number of nitrogens with one attached hydrogen (secondary N) is 1. The number of furan rings is 1. The van der Waals surface area contributed by atoms with E-state index in [9.17, 15) is 14.9 Å². The molecule has 2 heterocycles. The Kier molecular flexibility index (Phi) is 5.66. The Morgan fingerprint density at radius 3 is 2.75 bits per heavy atom. The SMILES string of the molecule is CCOC(=O)c1sc(NC(=O)c2cc3cccc(OCC)c3o2)c(C#N)c1C. The van der Waals surface area contributed by atoms with Crippen molar-refractivity contribution >= 4 is 39.2 Å². The van der Waals surface area contributed by atoms with E-state index in [0.717, 1.165) is 16.7 Å². The van der Waals surface area contributed by atoms with Crippen molar-refractivity contribution < 1.29 is 23.5 Å². The Labute approximate surface area is 165 Å². The number of thiophene rings is 1. The van der Waals surface area contributed by atoms with Crippen LogP contribution in [0.1, 0.15) is 45.2 Å². The average Bonchev–Trinajstić information content (AvgIpc) is 3.24. The molecule has 3 aromatic rings. The summed E-state index contributed by atoms with van der Waals surface area (Å²) in [6, 6.07) is 9.02. The third kappa shape index (κ3) is 3.57. The zero-order valence-electron chi connectivity index (χ0n) is 15.6. The zero-order valence-corrected chi connectivity index (χ0v) is 16.4. The van der Waals surface area contributed by atoms with Crippen LogP contribution in [0.15, 0.2) is 28.7 Å². The van der Waals surface area contributed by atoms with Gasteiger partial charge in [-0.1, -0.05) is 12.1 Å². The third-order valence-electron chi connectivity index (χ3n) is 3.98. The van der Waals surface area contributed by atoms with Gasteiger partial charge in [0.1, 0.15) is 15.9 Å². The van der Waals surface area contributed by atoms with Gasteiger partial charge in [0.2, 0.25) is 0 Å². The van der Waals surface area contributed by atoms with Crippen molar-refractivity contribution in [2.75, 3.05) is 18.5 Å². The summed E-state index contributed by atoms with van der Waals surface area (Å²) in [5.74, 6) is -0.415. The molecule has 28 heavy (non-hydrogen) atoms. The van der Waals surface area contributed by atoms with Gasteiger partial charge in [-0.25, -0.2) is 4.79 Å². The fourth-order valence-electron chi connectivity index (χ4n) is 2.71. The molecular formula is C20H18N2O5S. The van der Waals surface area contributed by atoms with Gasteiger partial charge in [0, 0.05) is 5.39 Å². The van der Waals surface area contributed by atoms with Crippen LogP contribution >= 0.6 is 11.3 Å². The predicted octanol–water partition coefficient (Wildman–Crippen LogP) is 4.50. The van der Waals surface area contributed by atoms with E-state index in [1.54, 1.807) is 26.0 Å². The van der Waals surface area contributed by atoms with Crippen molar-refractivity contribution in [1.82, 2.24) is 0 Å². The first-order chi connectivity index (χ1) is 13.5. The number of carbonyl (C=O) groups excluding carboxylic acids is 2. The zero-order chi connectivity index (χ0) is 20.3. The predicted molar refractivity (Wildman–Crippen MR) is 105 cm³/mol. The molecule has 7 nitrogen and oxygen atoms in total. The summed E-state index contributed by atoms with van der Waals surface area (Å²) in [4.78, 5) is 25.0. The molecule has 1 amide bonds. The molecule has 0 bridgehead atoms. The number of esters is 1. The van der Waals surface area contributed by atoms with Gasteiger partial charge in [0.05, 0.1) is 18.8 Å².